The molecule has 4 N–H and O–H groups in total. The summed E-state index contributed by atoms with van der Waals surface area (Å²) in [6, 6.07) is 13.7. The second kappa shape index (κ2) is 17.0. The average Bonchev–Trinajstić information content (AvgIpc) is 2.99. The Bertz CT molecular complexity index is 1290. The average molecular weight is 608 g/mol. The third kappa shape index (κ3) is 11.3. The number of carboxylic acids is 1. The molecule has 1 saturated carbocycles. The molecule has 11 heteroatoms. The van der Waals surface area contributed by atoms with E-state index in [1.165, 1.54) is 9.80 Å². The van der Waals surface area contributed by atoms with Crippen LogP contribution in [0.3, 0.4) is 0 Å². The van der Waals surface area contributed by atoms with Crippen molar-refractivity contribution in [3.8, 4) is 0 Å². The molecular formula is C33H45N5O6. The Labute approximate surface area is 259 Å². The largest absolute Gasteiger partial charge is 0.481 e. The van der Waals surface area contributed by atoms with Crippen molar-refractivity contribution in [2.75, 3.05) is 42.1 Å². The van der Waals surface area contributed by atoms with E-state index in [-0.39, 0.29) is 43.8 Å². The lowest BCUT2D eigenvalue weighted by Crippen LogP contribution is -2.48. The third-order valence-corrected chi connectivity index (χ3v) is 7.67. The molecule has 1 aliphatic carbocycles. The lowest BCUT2D eigenvalue weighted by Gasteiger charge is -2.31. The molecule has 0 spiro atoms. The van der Waals surface area contributed by atoms with Gasteiger partial charge in [0.2, 0.25) is 17.7 Å². The van der Waals surface area contributed by atoms with Crippen LogP contribution in [0.5, 0.6) is 0 Å². The van der Waals surface area contributed by atoms with Crippen molar-refractivity contribution in [3.05, 3.63) is 54.1 Å². The Balaban J connectivity index is 1.60. The fourth-order valence-corrected chi connectivity index (χ4v) is 5.08. The van der Waals surface area contributed by atoms with Gasteiger partial charge in [0.05, 0.1) is 19.5 Å². The van der Waals surface area contributed by atoms with Gasteiger partial charge in [-0.2, -0.15) is 0 Å². The minimum absolute atomic E-state index is 0.0516. The van der Waals surface area contributed by atoms with Gasteiger partial charge in [-0.3, -0.25) is 19.2 Å². The van der Waals surface area contributed by atoms with Crippen LogP contribution in [0.2, 0.25) is 0 Å². The van der Waals surface area contributed by atoms with Crippen LogP contribution >= 0.6 is 0 Å². The van der Waals surface area contributed by atoms with Gasteiger partial charge in [-0.25, -0.2) is 4.79 Å². The topological polar surface area (TPSA) is 148 Å². The first-order valence-corrected chi connectivity index (χ1v) is 15.3. The smallest absolute Gasteiger partial charge is 0.323 e. The van der Waals surface area contributed by atoms with E-state index in [0.717, 1.165) is 37.7 Å². The van der Waals surface area contributed by atoms with E-state index >= 15 is 0 Å². The molecule has 1 aliphatic rings. The molecule has 0 saturated heterocycles. The first-order valence-electron chi connectivity index (χ1n) is 15.3. The molecule has 1 fully saturated rings. The van der Waals surface area contributed by atoms with E-state index in [2.05, 4.69) is 16.0 Å². The summed E-state index contributed by atoms with van der Waals surface area (Å²) in [5.74, 6) is -1.95. The van der Waals surface area contributed by atoms with Crippen molar-refractivity contribution >= 4 is 46.8 Å². The highest BCUT2D eigenvalue weighted by Gasteiger charge is 2.29. The van der Waals surface area contributed by atoms with Crippen LogP contribution in [0.25, 0.3) is 0 Å². The van der Waals surface area contributed by atoms with Crippen LogP contribution in [0.4, 0.5) is 21.9 Å². The van der Waals surface area contributed by atoms with Crippen LogP contribution in [-0.2, 0) is 19.2 Å². The van der Waals surface area contributed by atoms with Crippen molar-refractivity contribution in [3.63, 3.8) is 0 Å². The summed E-state index contributed by atoms with van der Waals surface area (Å²) < 4.78 is 0. The fraction of sp³-hybridized carbons (Fsp3) is 0.485. The van der Waals surface area contributed by atoms with Crippen molar-refractivity contribution in [1.82, 2.24) is 9.80 Å². The van der Waals surface area contributed by atoms with E-state index in [9.17, 15) is 29.1 Å². The lowest BCUT2D eigenvalue weighted by molar-refractivity contribution is -0.146. The number of nitrogens with zero attached hydrogens (tertiary/aromatic N) is 2. The molecule has 5 amide bonds. The number of benzene rings is 2. The molecule has 0 unspecified atom stereocenters. The monoisotopic (exact) mass is 607 g/mol. The predicted molar refractivity (Wildman–Crippen MR) is 170 cm³/mol. The number of aliphatic carboxylic acids is 1. The van der Waals surface area contributed by atoms with Gasteiger partial charge in [0.25, 0.3) is 0 Å². The van der Waals surface area contributed by atoms with E-state index < -0.39 is 23.8 Å². The summed E-state index contributed by atoms with van der Waals surface area (Å²) in [7, 11) is 0. The van der Waals surface area contributed by atoms with E-state index in [0.29, 0.717) is 30.0 Å². The summed E-state index contributed by atoms with van der Waals surface area (Å²) in [6.07, 6.45) is 4.83. The number of carbonyl (C=O) groups excluding carboxylic acids is 4. The Morgan fingerprint density at radius 3 is 2.07 bits per heavy atom. The molecule has 0 bridgehead atoms. The normalized spacial score (nSPS) is 13.2. The lowest BCUT2D eigenvalue weighted by atomic mass is 9.88. The summed E-state index contributed by atoms with van der Waals surface area (Å²) in [4.78, 5) is 66.2. The summed E-state index contributed by atoms with van der Waals surface area (Å²) in [5.41, 5.74) is 2.66. The first kappa shape index (κ1) is 34.1. The van der Waals surface area contributed by atoms with Crippen LogP contribution < -0.4 is 16.0 Å². The molecule has 2 aromatic carbocycles. The summed E-state index contributed by atoms with van der Waals surface area (Å²) in [6.45, 7) is 5.73. The molecule has 0 radical (unpaired) electrons. The number of amides is 5. The van der Waals surface area contributed by atoms with E-state index in [1.54, 1.807) is 24.3 Å². The summed E-state index contributed by atoms with van der Waals surface area (Å²) >= 11 is 0. The Kier molecular flexibility index (Phi) is 13.2. The molecule has 44 heavy (non-hydrogen) atoms. The molecule has 0 atom stereocenters. The van der Waals surface area contributed by atoms with Gasteiger partial charge < -0.3 is 30.9 Å². The second-order valence-corrected chi connectivity index (χ2v) is 11.8. The Hall–Kier alpha value is -4.41. The van der Waals surface area contributed by atoms with Gasteiger partial charge in [0, 0.05) is 36.1 Å². The minimum Gasteiger partial charge on any atom is -0.481 e. The fourth-order valence-electron chi connectivity index (χ4n) is 5.08. The minimum atomic E-state index is -1.04. The Morgan fingerprint density at radius 1 is 0.818 bits per heavy atom. The van der Waals surface area contributed by atoms with Crippen LogP contribution in [-0.4, -0.2) is 70.8 Å². The van der Waals surface area contributed by atoms with Crippen LogP contribution in [0.1, 0.15) is 64.4 Å². The highest BCUT2D eigenvalue weighted by Crippen LogP contribution is 2.25. The zero-order valence-corrected chi connectivity index (χ0v) is 25.9. The maximum Gasteiger partial charge on any atom is 0.323 e. The highest BCUT2D eigenvalue weighted by molar-refractivity contribution is 6.00. The van der Waals surface area contributed by atoms with E-state index in [1.807, 2.05) is 45.0 Å². The van der Waals surface area contributed by atoms with Gasteiger partial charge >= 0.3 is 12.0 Å². The van der Waals surface area contributed by atoms with Gasteiger partial charge in [-0.1, -0.05) is 51.3 Å². The molecule has 0 aromatic heterocycles. The van der Waals surface area contributed by atoms with Gasteiger partial charge in [0.15, 0.2) is 0 Å². The van der Waals surface area contributed by atoms with Crippen LogP contribution in [0, 0.1) is 18.8 Å². The molecule has 238 valence electrons. The number of nitrogens with one attached hydrogen (secondary N) is 3. The predicted octanol–water partition coefficient (Wildman–Crippen LogP) is 5.34. The van der Waals surface area contributed by atoms with Crippen molar-refractivity contribution in [2.24, 2.45) is 11.8 Å². The molecule has 0 aliphatic heterocycles. The van der Waals surface area contributed by atoms with Gasteiger partial charge in [-0.15, -0.1) is 0 Å². The highest BCUT2D eigenvalue weighted by atomic mass is 16.4. The zero-order valence-electron chi connectivity index (χ0n) is 25.9. The number of carboxylic acid groups (broad SMARTS) is 1. The maximum atomic E-state index is 13.4. The number of anilines is 3. The van der Waals surface area contributed by atoms with Crippen molar-refractivity contribution in [1.29, 1.82) is 0 Å². The zero-order chi connectivity index (χ0) is 32.1. The van der Waals surface area contributed by atoms with Crippen molar-refractivity contribution < 1.29 is 29.1 Å². The number of rotatable bonds is 14. The third-order valence-electron chi connectivity index (χ3n) is 7.67. The Morgan fingerprint density at radius 2 is 1.45 bits per heavy atom. The number of para-hydroxylation sites is 1. The first-order chi connectivity index (χ1) is 21.0. The number of aryl methyl sites for hydroxylation is 1. The van der Waals surface area contributed by atoms with Crippen LogP contribution in [0.15, 0.2) is 48.5 Å². The molecular weight excluding hydrogens is 562 g/mol. The molecule has 0 heterocycles. The number of hydrogen-bond acceptors (Lipinski definition) is 5. The standard InChI is InChI=1S/C33H45N5O6/c1-23(2)17-19-37(30(40)22-38(20-18-31(41)42)32(43)25-10-5-4-6-11-25)21-29(39)34-26-13-15-27(16-14-26)35-33(44)36-28-12-8-7-9-24(28)3/h7-9,12-16,23,25H,4-6,10-11,17-22H2,1-3H3,(H,34,39)(H,41,42)(H2,35,36,44). The molecule has 2 aromatic rings. The second-order valence-electron chi connectivity index (χ2n) is 11.8. The molecule has 11 nitrogen and oxygen atoms in total. The van der Waals surface area contributed by atoms with Gasteiger partial charge in [0.1, 0.15) is 0 Å². The maximum absolute atomic E-state index is 13.4. The summed E-state index contributed by atoms with van der Waals surface area (Å²) in [5, 5.41) is 17.6. The number of carbonyl (C=O) groups is 5. The van der Waals surface area contributed by atoms with Gasteiger partial charge in [-0.05, 0) is 68.0 Å². The number of urea groups is 1. The van der Waals surface area contributed by atoms with Crippen molar-refractivity contribution in [2.45, 2.75) is 65.7 Å². The quantitative estimate of drug-likeness (QED) is 0.228. The van der Waals surface area contributed by atoms with E-state index in [4.69, 9.17) is 0 Å². The SMILES string of the molecule is Cc1ccccc1NC(=O)Nc1ccc(NC(=O)CN(CCC(C)C)C(=O)CN(CCC(=O)O)C(=O)C2CCCCC2)cc1. The molecule has 3 rings (SSSR count). The number of hydrogen-bond donors (Lipinski definition) is 4.